The summed E-state index contributed by atoms with van der Waals surface area (Å²) in [7, 11) is 0. The van der Waals surface area contributed by atoms with E-state index in [4.69, 9.17) is 4.74 Å². The fraction of sp³-hybridized carbons (Fsp3) is 0.600. The molecule has 0 bridgehead atoms. The third-order valence-electron chi connectivity index (χ3n) is 2.27. The molecule has 0 radical (unpaired) electrons. The Balaban J connectivity index is 2.12. The van der Waals surface area contributed by atoms with Crippen molar-refractivity contribution in [1.29, 1.82) is 0 Å². The van der Waals surface area contributed by atoms with Crippen LogP contribution in [0.5, 0.6) is 0 Å². The van der Waals surface area contributed by atoms with Crippen molar-refractivity contribution >= 4 is 28.5 Å². The molecule has 2 rings (SSSR count). The number of hydrogen-bond donors (Lipinski definition) is 0. The van der Waals surface area contributed by atoms with Gasteiger partial charge in [0.05, 0.1) is 12.6 Å². The van der Waals surface area contributed by atoms with Crippen LogP contribution in [0.25, 0.3) is 0 Å². The second-order valence-corrected chi connectivity index (χ2v) is 5.21. The van der Waals surface area contributed by atoms with Crippen LogP contribution in [-0.4, -0.2) is 33.3 Å². The fourth-order valence-electron chi connectivity index (χ4n) is 1.61. The van der Waals surface area contributed by atoms with Crippen molar-refractivity contribution in [3.05, 3.63) is 18.0 Å². The molecule has 0 aliphatic carbocycles. The van der Waals surface area contributed by atoms with Crippen molar-refractivity contribution in [3.63, 3.8) is 0 Å². The summed E-state index contributed by atoms with van der Waals surface area (Å²) in [6.07, 6.45) is 3.94. The first-order chi connectivity index (χ1) is 7.15. The molecule has 0 N–H and O–H groups in total. The van der Waals surface area contributed by atoms with Crippen molar-refractivity contribution in [2.24, 2.45) is 0 Å². The highest BCUT2D eigenvalue weighted by molar-refractivity contribution is 14.1. The maximum Gasteiger partial charge on any atom is 0.225 e. The van der Waals surface area contributed by atoms with E-state index in [0.717, 1.165) is 24.6 Å². The minimum Gasteiger partial charge on any atom is -0.361 e. The second-order valence-electron chi connectivity index (χ2n) is 3.82. The van der Waals surface area contributed by atoms with E-state index in [9.17, 15) is 0 Å². The Hall–Kier alpha value is -0.430. The molecule has 0 saturated carbocycles. The van der Waals surface area contributed by atoms with Crippen molar-refractivity contribution < 1.29 is 4.74 Å². The number of anilines is 1. The highest BCUT2D eigenvalue weighted by Crippen LogP contribution is 2.19. The van der Waals surface area contributed by atoms with Gasteiger partial charge in [0, 0.05) is 18.9 Å². The molecule has 4 nitrogen and oxygen atoms in total. The summed E-state index contributed by atoms with van der Waals surface area (Å²) in [4.78, 5) is 10.8. The molecular formula is C10H14IN3O. The van der Waals surface area contributed by atoms with E-state index in [1.54, 1.807) is 0 Å². The van der Waals surface area contributed by atoms with Gasteiger partial charge >= 0.3 is 0 Å². The minimum atomic E-state index is 0.219. The van der Waals surface area contributed by atoms with Gasteiger partial charge in [-0.1, -0.05) is 0 Å². The standard InChI is InChI=1S/C10H14IN3O/c1-7-3-12-10(13-4-7)14-5-8(2)15-9(11)6-14/h3-4,8-9H,5-6H2,1-2H3. The third kappa shape index (κ3) is 2.78. The summed E-state index contributed by atoms with van der Waals surface area (Å²) >= 11 is 2.30. The molecule has 1 saturated heterocycles. The Morgan fingerprint density at radius 2 is 2.07 bits per heavy atom. The van der Waals surface area contributed by atoms with Crippen molar-refractivity contribution in [2.45, 2.75) is 24.1 Å². The number of aryl methyl sites for hydroxylation is 1. The average Bonchev–Trinajstić information content (AvgIpc) is 2.17. The van der Waals surface area contributed by atoms with E-state index in [1.807, 2.05) is 19.3 Å². The smallest absolute Gasteiger partial charge is 0.225 e. The highest BCUT2D eigenvalue weighted by Gasteiger charge is 2.24. The van der Waals surface area contributed by atoms with Gasteiger partial charge in [0.2, 0.25) is 5.95 Å². The SMILES string of the molecule is Cc1cnc(N2CC(C)OC(I)C2)nc1. The number of ether oxygens (including phenoxy) is 1. The first-order valence-electron chi connectivity index (χ1n) is 4.98. The minimum absolute atomic E-state index is 0.219. The zero-order valence-electron chi connectivity index (χ0n) is 8.85. The third-order valence-corrected chi connectivity index (χ3v) is 2.96. The van der Waals surface area contributed by atoms with E-state index in [0.29, 0.717) is 0 Å². The lowest BCUT2D eigenvalue weighted by atomic mass is 10.3. The Kier molecular flexibility index (Phi) is 3.40. The van der Waals surface area contributed by atoms with Crippen molar-refractivity contribution in [2.75, 3.05) is 18.0 Å². The number of hydrogen-bond acceptors (Lipinski definition) is 4. The van der Waals surface area contributed by atoms with Gasteiger partial charge in [-0.2, -0.15) is 0 Å². The predicted octanol–water partition coefficient (Wildman–Crippen LogP) is 1.77. The van der Waals surface area contributed by atoms with Crippen molar-refractivity contribution in [1.82, 2.24) is 9.97 Å². The zero-order valence-corrected chi connectivity index (χ0v) is 11.0. The number of nitrogens with zero attached hydrogens (tertiary/aromatic N) is 3. The molecule has 0 spiro atoms. The maximum absolute atomic E-state index is 5.65. The molecule has 2 atom stereocenters. The molecule has 82 valence electrons. The van der Waals surface area contributed by atoms with E-state index < -0.39 is 0 Å². The van der Waals surface area contributed by atoms with Crippen LogP contribution in [0.3, 0.4) is 0 Å². The molecule has 1 aliphatic heterocycles. The van der Waals surface area contributed by atoms with Gasteiger partial charge in [0.25, 0.3) is 0 Å². The lowest BCUT2D eigenvalue weighted by Gasteiger charge is -2.34. The number of halogens is 1. The molecule has 0 aromatic carbocycles. The van der Waals surface area contributed by atoms with Crippen LogP contribution >= 0.6 is 22.6 Å². The monoisotopic (exact) mass is 319 g/mol. The van der Waals surface area contributed by atoms with Crippen molar-refractivity contribution in [3.8, 4) is 0 Å². The summed E-state index contributed by atoms with van der Waals surface area (Å²) in [6.45, 7) is 5.79. The molecule has 2 unspecified atom stereocenters. The molecule has 2 heterocycles. The first-order valence-corrected chi connectivity index (χ1v) is 6.23. The number of rotatable bonds is 1. The van der Waals surface area contributed by atoms with Gasteiger partial charge in [0.1, 0.15) is 4.11 Å². The van der Waals surface area contributed by atoms with Crippen LogP contribution < -0.4 is 4.90 Å². The molecular weight excluding hydrogens is 305 g/mol. The summed E-state index contributed by atoms with van der Waals surface area (Å²) in [5.41, 5.74) is 1.09. The predicted molar refractivity (Wildman–Crippen MR) is 67.3 cm³/mol. The largest absolute Gasteiger partial charge is 0.361 e. The lowest BCUT2D eigenvalue weighted by Crippen LogP contribution is -2.45. The Labute approximate surface area is 103 Å². The Morgan fingerprint density at radius 3 is 2.67 bits per heavy atom. The van der Waals surface area contributed by atoms with Crippen LogP contribution in [0, 0.1) is 6.92 Å². The van der Waals surface area contributed by atoms with Gasteiger partial charge in [-0.25, -0.2) is 9.97 Å². The molecule has 5 heteroatoms. The van der Waals surface area contributed by atoms with Gasteiger partial charge in [-0.15, -0.1) is 0 Å². The zero-order chi connectivity index (χ0) is 10.8. The lowest BCUT2D eigenvalue weighted by molar-refractivity contribution is 0.0411. The van der Waals surface area contributed by atoms with Crippen LogP contribution in [0.4, 0.5) is 5.95 Å². The molecule has 1 aliphatic rings. The second kappa shape index (κ2) is 4.61. The maximum atomic E-state index is 5.65. The summed E-state index contributed by atoms with van der Waals surface area (Å²) in [6, 6.07) is 0. The van der Waals surface area contributed by atoms with Gasteiger partial charge in [-0.05, 0) is 42.0 Å². The van der Waals surface area contributed by atoms with Crippen LogP contribution in [-0.2, 0) is 4.74 Å². The average molecular weight is 319 g/mol. The molecule has 1 fully saturated rings. The topological polar surface area (TPSA) is 38.2 Å². The summed E-state index contributed by atoms with van der Waals surface area (Å²) < 4.78 is 5.87. The van der Waals surface area contributed by atoms with E-state index >= 15 is 0 Å². The van der Waals surface area contributed by atoms with Crippen LogP contribution in [0.2, 0.25) is 0 Å². The number of morpholine rings is 1. The van der Waals surface area contributed by atoms with Gasteiger partial charge in [-0.3, -0.25) is 0 Å². The molecule has 1 aromatic rings. The highest BCUT2D eigenvalue weighted by atomic mass is 127. The fourth-order valence-corrected chi connectivity index (χ4v) is 2.59. The molecule has 1 aromatic heterocycles. The Bertz CT molecular complexity index is 320. The number of alkyl halides is 1. The van der Waals surface area contributed by atoms with E-state index in [1.165, 1.54) is 0 Å². The first kappa shape index (κ1) is 11.1. The van der Waals surface area contributed by atoms with E-state index in [-0.39, 0.29) is 10.2 Å². The molecule has 0 amide bonds. The summed E-state index contributed by atoms with van der Waals surface area (Å²) in [5, 5.41) is 0. The molecule has 15 heavy (non-hydrogen) atoms. The van der Waals surface area contributed by atoms with E-state index in [2.05, 4.69) is 44.4 Å². The van der Waals surface area contributed by atoms with Crippen LogP contribution in [0.1, 0.15) is 12.5 Å². The van der Waals surface area contributed by atoms with Gasteiger partial charge in [0.15, 0.2) is 0 Å². The van der Waals surface area contributed by atoms with Crippen LogP contribution in [0.15, 0.2) is 12.4 Å². The quantitative estimate of drug-likeness (QED) is 0.584. The summed E-state index contributed by atoms with van der Waals surface area (Å²) in [5.74, 6) is 0.803. The van der Waals surface area contributed by atoms with Gasteiger partial charge < -0.3 is 9.64 Å². The number of aromatic nitrogens is 2. The Morgan fingerprint density at radius 1 is 1.40 bits per heavy atom. The normalized spacial score (nSPS) is 26.7.